The Balaban J connectivity index is 1.62. The van der Waals surface area contributed by atoms with Crippen LogP contribution in [0.15, 0.2) is 66.7 Å². The van der Waals surface area contributed by atoms with E-state index in [2.05, 4.69) is 10.6 Å². The highest BCUT2D eigenvalue weighted by atomic mass is 35.5. The average molecular weight is 524 g/mol. The summed E-state index contributed by atoms with van der Waals surface area (Å²) in [7, 11) is 1.60. The molecule has 1 fully saturated rings. The van der Waals surface area contributed by atoms with Gasteiger partial charge in [-0.3, -0.25) is 9.69 Å². The van der Waals surface area contributed by atoms with Gasteiger partial charge in [0.1, 0.15) is 11.7 Å². The fourth-order valence-electron chi connectivity index (χ4n) is 4.94. The van der Waals surface area contributed by atoms with Gasteiger partial charge in [0.2, 0.25) is 5.91 Å². The van der Waals surface area contributed by atoms with E-state index in [1.807, 2.05) is 49.1 Å². The number of nitrogens with one attached hydrogen (secondary N) is 2. The highest BCUT2D eigenvalue weighted by Gasteiger charge is 2.59. The second kappa shape index (κ2) is 9.52. The average Bonchev–Trinajstić information content (AvgIpc) is 2.84. The molecule has 3 aromatic rings. The molecule has 0 aromatic heterocycles. The van der Waals surface area contributed by atoms with E-state index in [1.54, 1.807) is 43.5 Å². The van der Waals surface area contributed by atoms with E-state index >= 15 is 0 Å². The maximum absolute atomic E-state index is 13.9. The van der Waals surface area contributed by atoms with Crippen LogP contribution in [0.25, 0.3) is 0 Å². The molecule has 1 saturated heterocycles. The third-order valence-electron chi connectivity index (χ3n) is 6.50. The van der Waals surface area contributed by atoms with Crippen LogP contribution in [-0.4, -0.2) is 30.5 Å². The van der Waals surface area contributed by atoms with Crippen LogP contribution < -0.4 is 29.7 Å². The Morgan fingerprint density at radius 2 is 1.94 bits per heavy atom. The molecule has 3 aromatic carbocycles. The third-order valence-corrected chi connectivity index (χ3v) is 7.03. The van der Waals surface area contributed by atoms with E-state index in [1.165, 1.54) is 0 Å². The lowest BCUT2D eigenvalue weighted by molar-refractivity contribution is -0.130. The first kappa shape index (κ1) is 24.2. The number of para-hydroxylation sites is 1. The molecular formula is C27H26ClN3O4S. The number of ether oxygens (including phenoxy) is 3. The summed E-state index contributed by atoms with van der Waals surface area (Å²) in [6, 6.07) is 19.7. The zero-order valence-electron chi connectivity index (χ0n) is 20.1. The molecule has 9 heteroatoms. The molecule has 3 atom stereocenters. The van der Waals surface area contributed by atoms with E-state index in [0.29, 0.717) is 45.4 Å². The maximum atomic E-state index is 13.9. The second-order valence-electron chi connectivity index (χ2n) is 8.70. The number of carbonyl (C=O) groups excluding carboxylic acids is 1. The van der Waals surface area contributed by atoms with Crippen LogP contribution in [0.5, 0.6) is 17.2 Å². The van der Waals surface area contributed by atoms with Crippen molar-refractivity contribution in [2.75, 3.05) is 23.9 Å². The number of methoxy groups -OCH3 is 1. The van der Waals surface area contributed by atoms with Gasteiger partial charge in [-0.2, -0.15) is 0 Å². The highest BCUT2D eigenvalue weighted by Crippen LogP contribution is 2.52. The van der Waals surface area contributed by atoms with Gasteiger partial charge in [0.25, 0.3) is 0 Å². The first-order chi connectivity index (χ1) is 17.4. The van der Waals surface area contributed by atoms with E-state index in [0.717, 1.165) is 5.56 Å². The summed E-state index contributed by atoms with van der Waals surface area (Å²) in [5.74, 6) is 0.995. The third kappa shape index (κ3) is 4.10. The van der Waals surface area contributed by atoms with Crippen LogP contribution in [0.2, 0.25) is 5.02 Å². The predicted molar refractivity (Wildman–Crippen MR) is 144 cm³/mol. The van der Waals surface area contributed by atoms with Crippen LogP contribution in [0.3, 0.4) is 0 Å². The predicted octanol–water partition coefficient (Wildman–Crippen LogP) is 5.55. The molecule has 7 nitrogen and oxygen atoms in total. The van der Waals surface area contributed by atoms with Gasteiger partial charge >= 0.3 is 0 Å². The maximum Gasteiger partial charge on any atom is 0.236 e. The minimum atomic E-state index is -1.19. The van der Waals surface area contributed by atoms with Crippen molar-refractivity contribution in [1.29, 1.82) is 0 Å². The van der Waals surface area contributed by atoms with Crippen LogP contribution >= 0.6 is 23.8 Å². The summed E-state index contributed by atoms with van der Waals surface area (Å²) in [6.45, 7) is 4.27. The molecule has 0 saturated carbocycles. The minimum Gasteiger partial charge on any atom is -0.497 e. The first-order valence-electron chi connectivity index (χ1n) is 11.6. The van der Waals surface area contributed by atoms with Gasteiger partial charge in [-0.05, 0) is 74.6 Å². The smallest absolute Gasteiger partial charge is 0.236 e. The monoisotopic (exact) mass is 523 g/mol. The molecule has 2 aliphatic rings. The van der Waals surface area contributed by atoms with Gasteiger partial charge in [0.05, 0.1) is 19.8 Å². The van der Waals surface area contributed by atoms with Crippen molar-refractivity contribution in [3.63, 3.8) is 0 Å². The van der Waals surface area contributed by atoms with Gasteiger partial charge in [-0.1, -0.05) is 29.8 Å². The summed E-state index contributed by atoms with van der Waals surface area (Å²) in [5.41, 5.74) is 0.976. The minimum absolute atomic E-state index is 0.220. The number of thiocarbonyl (C=S) groups is 1. The number of hydrogen-bond acceptors (Lipinski definition) is 5. The molecule has 36 heavy (non-hydrogen) atoms. The van der Waals surface area contributed by atoms with Crippen molar-refractivity contribution in [3.05, 3.63) is 77.3 Å². The summed E-state index contributed by atoms with van der Waals surface area (Å²) in [4.78, 5) is 15.7. The molecule has 2 N–H and O–H groups in total. The Hall–Kier alpha value is -3.49. The van der Waals surface area contributed by atoms with Crippen molar-refractivity contribution in [3.8, 4) is 17.2 Å². The Morgan fingerprint density at radius 3 is 2.64 bits per heavy atom. The summed E-state index contributed by atoms with van der Waals surface area (Å²) >= 11 is 12.1. The van der Waals surface area contributed by atoms with E-state index in [4.69, 9.17) is 38.0 Å². The fourth-order valence-corrected chi connectivity index (χ4v) is 5.54. The number of rotatable bonds is 6. The Kier molecular flexibility index (Phi) is 6.40. The highest BCUT2D eigenvalue weighted by molar-refractivity contribution is 7.80. The number of halogens is 1. The Labute approximate surface area is 220 Å². The number of anilines is 2. The summed E-state index contributed by atoms with van der Waals surface area (Å²) in [5, 5.41) is 7.43. The Morgan fingerprint density at radius 1 is 1.19 bits per heavy atom. The molecular weight excluding hydrogens is 498 g/mol. The number of carbonyl (C=O) groups is 1. The molecule has 0 spiro atoms. The lowest BCUT2D eigenvalue weighted by Gasteiger charge is -2.56. The quantitative estimate of drug-likeness (QED) is 0.411. The molecule has 3 unspecified atom stereocenters. The molecule has 2 aliphatic heterocycles. The SMILES string of the molecule is CCOc1cccc2c1OC1(C)C(C(=O)Nc3ccc(OC)cc3)C2NC(=S)N1c1cccc(Cl)c1. The van der Waals surface area contributed by atoms with E-state index in [9.17, 15) is 4.79 Å². The number of benzene rings is 3. The topological polar surface area (TPSA) is 72.1 Å². The van der Waals surface area contributed by atoms with Gasteiger partial charge < -0.3 is 24.8 Å². The summed E-state index contributed by atoms with van der Waals surface area (Å²) in [6.07, 6.45) is 0. The molecule has 5 rings (SSSR count). The van der Waals surface area contributed by atoms with Crippen LogP contribution in [0, 0.1) is 5.92 Å². The zero-order valence-corrected chi connectivity index (χ0v) is 21.7. The molecule has 2 heterocycles. The van der Waals surface area contributed by atoms with Gasteiger partial charge in [-0.15, -0.1) is 0 Å². The van der Waals surface area contributed by atoms with Gasteiger partial charge in [-0.25, -0.2) is 0 Å². The molecule has 1 amide bonds. The number of fused-ring (bicyclic) bond motifs is 4. The molecule has 0 aliphatic carbocycles. The van der Waals surface area contributed by atoms with E-state index in [-0.39, 0.29) is 5.91 Å². The van der Waals surface area contributed by atoms with E-state index < -0.39 is 17.7 Å². The number of amides is 1. The largest absolute Gasteiger partial charge is 0.497 e. The van der Waals surface area contributed by atoms with Gasteiger partial charge in [0, 0.05) is 22.0 Å². The fraction of sp³-hybridized carbons (Fsp3) is 0.259. The second-order valence-corrected chi connectivity index (χ2v) is 9.53. The van der Waals surface area contributed by atoms with Crippen molar-refractivity contribution >= 4 is 46.2 Å². The van der Waals surface area contributed by atoms with Crippen LogP contribution in [-0.2, 0) is 4.79 Å². The van der Waals surface area contributed by atoms with Crippen molar-refractivity contribution in [1.82, 2.24) is 5.32 Å². The Bertz CT molecular complexity index is 1320. The molecule has 186 valence electrons. The van der Waals surface area contributed by atoms with Crippen LogP contribution in [0.4, 0.5) is 11.4 Å². The van der Waals surface area contributed by atoms with Crippen molar-refractivity contribution in [2.24, 2.45) is 5.92 Å². The lowest BCUT2D eigenvalue weighted by atomic mass is 9.78. The first-order valence-corrected chi connectivity index (χ1v) is 12.4. The summed E-state index contributed by atoms with van der Waals surface area (Å²) < 4.78 is 17.8. The van der Waals surface area contributed by atoms with Crippen molar-refractivity contribution in [2.45, 2.75) is 25.6 Å². The van der Waals surface area contributed by atoms with Crippen molar-refractivity contribution < 1.29 is 19.0 Å². The zero-order chi connectivity index (χ0) is 25.4. The number of nitrogens with zero attached hydrogens (tertiary/aromatic N) is 1. The lowest BCUT2D eigenvalue weighted by Crippen LogP contribution is -2.72. The number of hydrogen-bond donors (Lipinski definition) is 2. The molecule has 0 radical (unpaired) electrons. The normalized spacial score (nSPS) is 22.1. The standard InChI is InChI=1S/C27H26ClN3O4S/c1-4-34-21-10-6-9-20-23-22(25(32)29-17-11-13-19(33-3)14-12-17)27(2,35-24(20)21)31(26(36)30-23)18-8-5-7-16(28)15-18/h5-15,22-23H,4H2,1-3H3,(H,29,32)(H,30,36). The van der Waals surface area contributed by atoms with Crippen LogP contribution in [0.1, 0.15) is 25.5 Å². The van der Waals surface area contributed by atoms with Gasteiger partial charge in [0.15, 0.2) is 22.3 Å². The molecule has 2 bridgehead atoms.